The molecule has 0 aliphatic carbocycles. The highest BCUT2D eigenvalue weighted by Crippen LogP contribution is 2.30. The zero-order chi connectivity index (χ0) is 17.2. The molecule has 1 aliphatic rings. The van der Waals surface area contributed by atoms with Crippen molar-refractivity contribution in [2.24, 2.45) is 0 Å². The van der Waals surface area contributed by atoms with Crippen LogP contribution in [0.3, 0.4) is 0 Å². The van der Waals surface area contributed by atoms with Crippen LogP contribution in [0, 0.1) is 0 Å². The molecule has 0 fully saturated rings. The van der Waals surface area contributed by atoms with Gasteiger partial charge in [0, 0.05) is 40.9 Å². The van der Waals surface area contributed by atoms with Crippen LogP contribution < -0.4 is 11.1 Å². The number of fused-ring (bicyclic) bond motifs is 3. The predicted octanol–water partition coefficient (Wildman–Crippen LogP) is 3.53. The standard InChI is InChI=1S/C21H23N3O/c22-16-10-8-15(9-11-16)21(25)23-13-12-18-17-5-1-2-6-19(17)24-14-4-3-7-20(18)24/h1-2,5-6,8-11H,3-4,7,12-14,22H2,(H,23,25). The van der Waals surface area contributed by atoms with E-state index in [1.54, 1.807) is 24.3 Å². The van der Waals surface area contributed by atoms with Crippen molar-refractivity contribution in [1.82, 2.24) is 9.88 Å². The normalized spacial score (nSPS) is 13.6. The number of nitrogens with two attached hydrogens (primary N) is 1. The van der Waals surface area contributed by atoms with Crippen LogP contribution in [0.1, 0.15) is 34.5 Å². The van der Waals surface area contributed by atoms with Gasteiger partial charge in [0.05, 0.1) is 0 Å². The third kappa shape index (κ3) is 3.00. The minimum absolute atomic E-state index is 0.0441. The Kier molecular flexibility index (Phi) is 4.18. The fraction of sp³-hybridized carbons (Fsp3) is 0.286. The Morgan fingerprint density at radius 2 is 1.88 bits per heavy atom. The van der Waals surface area contributed by atoms with Gasteiger partial charge in [-0.2, -0.15) is 0 Å². The number of rotatable bonds is 4. The molecule has 4 rings (SSSR count). The molecule has 0 saturated heterocycles. The molecule has 3 N–H and O–H groups in total. The summed E-state index contributed by atoms with van der Waals surface area (Å²) in [4.78, 5) is 12.3. The topological polar surface area (TPSA) is 60.1 Å². The van der Waals surface area contributed by atoms with E-state index in [-0.39, 0.29) is 5.91 Å². The van der Waals surface area contributed by atoms with Crippen molar-refractivity contribution < 1.29 is 4.79 Å². The zero-order valence-corrected chi connectivity index (χ0v) is 14.3. The van der Waals surface area contributed by atoms with Crippen LogP contribution in [0.15, 0.2) is 48.5 Å². The summed E-state index contributed by atoms with van der Waals surface area (Å²) in [7, 11) is 0. The van der Waals surface area contributed by atoms with Crippen LogP contribution in [0.5, 0.6) is 0 Å². The number of benzene rings is 2. The molecule has 1 amide bonds. The number of carbonyl (C=O) groups is 1. The Morgan fingerprint density at radius 1 is 1.08 bits per heavy atom. The van der Waals surface area contributed by atoms with Crippen LogP contribution in [-0.4, -0.2) is 17.0 Å². The van der Waals surface area contributed by atoms with E-state index in [0.717, 1.165) is 19.4 Å². The van der Waals surface area contributed by atoms with E-state index in [1.165, 1.54) is 35.0 Å². The lowest BCUT2D eigenvalue weighted by Gasteiger charge is -2.17. The summed E-state index contributed by atoms with van der Waals surface area (Å²) in [5.74, 6) is -0.0441. The van der Waals surface area contributed by atoms with E-state index >= 15 is 0 Å². The first kappa shape index (κ1) is 15.8. The van der Waals surface area contributed by atoms with Crippen LogP contribution in [0.25, 0.3) is 10.9 Å². The van der Waals surface area contributed by atoms with E-state index in [9.17, 15) is 4.79 Å². The average Bonchev–Trinajstić information content (AvgIpc) is 2.97. The lowest BCUT2D eigenvalue weighted by atomic mass is 10.0. The lowest BCUT2D eigenvalue weighted by Crippen LogP contribution is -2.26. The zero-order valence-electron chi connectivity index (χ0n) is 14.3. The van der Waals surface area contributed by atoms with Gasteiger partial charge in [0.2, 0.25) is 0 Å². The van der Waals surface area contributed by atoms with Gasteiger partial charge >= 0.3 is 0 Å². The summed E-state index contributed by atoms with van der Waals surface area (Å²) in [6, 6.07) is 15.7. The molecule has 0 bridgehead atoms. The number of nitrogens with zero attached hydrogens (tertiary/aromatic N) is 1. The van der Waals surface area contributed by atoms with Gasteiger partial charge in [-0.05, 0) is 61.6 Å². The Labute approximate surface area is 147 Å². The highest BCUT2D eigenvalue weighted by atomic mass is 16.1. The van der Waals surface area contributed by atoms with Gasteiger partial charge in [0.15, 0.2) is 0 Å². The number of para-hydroxylation sites is 1. The smallest absolute Gasteiger partial charge is 0.251 e. The highest BCUT2D eigenvalue weighted by molar-refractivity contribution is 5.94. The Morgan fingerprint density at radius 3 is 2.72 bits per heavy atom. The predicted molar refractivity (Wildman–Crippen MR) is 102 cm³/mol. The van der Waals surface area contributed by atoms with Crippen LogP contribution in [-0.2, 0) is 19.4 Å². The Bertz CT molecular complexity index is 909. The largest absolute Gasteiger partial charge is 0.399 e. The second-order valence-electron chi connectivity index (χ2n) is 6.68. The number of anilines is 1. The summed E-state index contributed by atoms with van der Waals surface area (Å²) in [6.07, 6.45) is 4.50. The number of amides is 1. The number of nitrogen functional groups attached to an aromatic ring is 1. The molecule has 0 saturated carbocycles. The molecular weight excluding hydrogens is 310 g/mol. The highest BCUT2D eigenvalue weighted by Gasteiger charge is 2.19. The van der Waals surface area contributed by atoms with Crippen LogP contribution in [0.2, 0.25) is 0 Å². The van der Waals surface area contributed by atoms with Gasteiger partial charge in [-0.1, -0.05) is 18.2 Å². The van der Waals surface area contributed by atoms with E-state index in [2.05, 4.69) is 34.1 Å². The van der Waals surface area contributed by atoms with Crippen molar-refractivity contribution in [3.63, 3.8) is 0 Å². The molecule has 4 heteroatoms. The fourth-order valence-electron chi connectivity index (χ4n) is 3.85. The molecule has 4 nitrogen and oxygen atoms in total. The SMILES string of the molecule is Nc1ccc(C(=O)NCCc2c3n(c4ccccc24)CCCC3)cc1. The number of aromatic nitrogens is 1. The van der Waals surface area contributed by atoms with Gasteiger partial charge in [0.1, 0.15) is 0 Å². The molecule has 1 aromatic heterocycles. The molecule has 0 spiro atoms. The first-order valence-electron chi connectivity index (χ1n) is 8.97. The lowest BCUT2D eigenvalue weighted by molar-refractivity contribution is 0.0954. The quantitative estimate of drug-likeness (QED) is 0.718. The van der Waals surface area contributed by atoms with Gasteiger partial charge in [-0.3, -0.25) is 4.79 Å². The summed E-state index contributed by atoms with van der Waals surface area (Å²) in [5.41, 5.74) is 11.2. The average molecular weight is 333 g/mol. The number of hydrogen-bond acceptors (Lipinski definition) is 2. The van der Waals surface area contributed by atoms with Crippen LogP contribution in [0.4, 0.5) is 5.69 Å². The summed E-state index contributed by atoms with van der Waals surface area (Å²) < 4.78 is 2.47. The molecule has 0 unspecified atom stereocenters. The summed E-state index contributed by atoms with van der Waals surface area (Å²) in [5, 5.41) is 4.37. The molecule has 0 atom stereocenters. The van der Waals surface area contributed by atoms with Gasteiger partial charge in [-0.15, -0.1) is 0 Å². The number of nitrogens with one attached hydrogen (secondary N) is 1. The van der Waals surface area contributed by atoms with Crippen LogP contribution >= 0.6 is 0 Å². The fourth-order valence-corrected chi connectivity index (χ4v) is 3.85. The van der Waals surface area contributed by atoms with Crippen molar-refractivity contribution in [3.8, 4) is 0 Å². The third-order valence-electron chi connectivity index (χ3n) is 5.07. The molecular formula is C21H23N3O. The molecule has 3 aromatic rings. The van der Waals surface area contributed by atoms with Crippen molar-refractivity contribution >= 4 is 22.5 Å². The third-order valence-corrected chi connectivity index (χ3v) is 5.07. The second-order valence-corrected chi connectivity index (χ2v) is 6.68. The minimum Gasteiger partial charge on any atom is -0.399 e. The first-order valence-corrected chi connectivity index (χ1v) is 8.97. The molecule has 1 aliphatic heterocycles. The maximum absolute atomic E-state index is 12.3. The first-order chi connectivity index (χ1) is 12.2. The maximum Gasteiger partial charge on any atom is 0.251 e. The molecule has 2 aromatic carbocycles. The second kappa shape index (κ2) is 6.63. The maximum atomic E-state index is 12.3. The van der Waals surface area contributed by atoms with E-state index in [4.69, 9.17) is 5.73 Å². The van der Waals surface area contributed by atoms with E-state index < -0.39 is 0 Å². The number of carbonyl (C=O) groups excluding carboxylic acids is 1. The number of hydrogen-bond donors (Lipinski definition) is 2. The van der Waals surface area contributed by atoms with Gasteiger partial charge in [-0.25, -0.2) is 0 Å². The van der Waals surface area contributed by atoms with E-state index in [1.807, 2.05) is 0 Å². The molecule has 2 heterocycles. The summed E-state index contributed by atoms with van der Waals surface area (Å²) >= 11 is 0. The van der Waals surface area contributed by atoms with Gasteiger partial charge < -0.3 is 15.6 Å². The molecule has 25 heavy (non-hydrogen) atoms. The minimum atomic E-state index is -0.0441. The van der Waals surface area contributed by atoms with Crippen molar-refractivity contribution in [1.29, 1.82) is 0 Å². The summed E-state index contributed by atoms with van der Waals surface area (Å²) in [6.45, 7) is 1.75. The van der Waals surface area contributed by atoms with Crippen molar-refractivity contribution in [2.45, 2.75) is 32.2 Å². The molecule has 0 radical (unpaired) electrons. The van der Waals surface area contributed by atoms with E-state index in [0.29, 0.717) is 17.8 Å². The van der Waals surface area contributed by atoms with Crippen molar-refractivity contribution in [2.75, 3.05) is 12.3 Å². The van der Waals surface area contributed by atoms with Gasteiger partial charge in [0.25, 0.3) is 5.91 Å². The van der Waals surface area contributed by atoms with Crippen molar-refractivity contribution in [3.05, 3.63) is 65.4 Å². The monoisotopic (exact) mass is 333 g/mol. The Balaban J connectivity index is 1.51. The molecule has 128 valence electrons. The Hall–Kier alpha value is -2.75. The number of aryl methyl sites for hydroxylation is 1.